The molecule has 8 heteroatoms. The van der Waals surface area contributed by atoms with Crippen LogP contribution in [0.15, 0.2) is 102 Å². The molecular formula is C31H29N3O3S2. The van der Waals surface area contributed by atoms with Gasteiger partial charge in [-0.25, -0.2) is 13.4 Å². The second-order valence-corrected chi connectivity index (χ2v) is 12.5. The molecule has 0 N–H and O–H groups in total. The average molecular weight is 556 g/mol. The molecular weight excluding hydrogens is 526 g/mol. The number of nitrogens with zero attached hydrogens (tertiary/aromatic N) is 3. The van der Waals surface area contributed by atoms with Gasteiger partial charge in [-0.3, -0.25) is 9.69 Å². The van der Waals surface area contributed by atoms with Crippen LogP contribution >= 0.6 is 11.3 Å². The number of anilines is 1. The summed E-state index contributed by atoms with van der Waals surface area (Å²) in [5, 5.41) is 0.607. The lowest BCUT2D eigenvalue weighted by Gasteiger charge is -2.21. The molecule has 0 aliphatic carbocycles. The highest BCUT2D eigenvalue weighted by molar-refractivity contribution is 7.89. The number of benzene rings is 4. The molecule has 1 amide bonds. The number of rotatable bonds is 8. The summed E-state index contributed by atoms with van der Waals surface area (Å²) in [5.74, 6) is -0.241. The summed E-state index contributed by atoms with van der Waals surface area (Å²) in [5.41, 5.74) is 5.32. The number of hydrogen-bond acceptors (Lipinski definition) is 5. The van der Waals surface area contributed by atoms with Crippen LogP contribution in [0.2, 0.25) is 0 Å². The summed E-state index contributed by atoms with van der Waals surface area (Å²) in [7, 11) is -2.17. The Hall–Kier alpha value is -3.85. The van der Waals surface area contributed by atoms with Crippen molar-refractivity contribution in [2.75, 3.05) is 11.9 Å². The Morgan fingerprint density at radius 2 is 1.33 bits per heavy atom. The minimum atomic E-state index is -3.73. The largest absolute Gasteiger partial charge is 0.279 e. The number of carbonyl (C=O) groups is 1. The zero-order chi connectivity index (χ0) is 27.6. The topological polar surface area (TPSA) is 70.6 Å². The normalized spacial score (nSPS) is 11.7. The summed E-state index contributed by atoms with van der Waals surface area (Å²) >= 11 is 1.49. The van der Waals surface area contributed by atoms with Crippen LogP contribution < -0.4 is 4.90 Å². The minimum Gasteiger partial charge on any atom is -0.279 e. The van der Waals surface area contributed by atoms with Gasteiger partial charge in [0.2, 0.25) is 10.0 Å². The number of carbonyl (C=O) groups excluding carboxylic acids is 1. The molecule has 198 valence electrons. The molecule has 0 unspecified atom stereocenters. The van der Waals surface area contributed by atoms with Gasteiger partial charge in [0.15, 0.2) is 5.13 Å². The number of amides is 1. The second kappa shape index (κ2) is 11.1. The Balaban J connectivity index is 1.45. The van der Waals surface area contributed by atoms with Crippen molar-refractivity contribution in [2.45, 2.75) is 31.8 Å². The predicted octanol–water partition coefficient (Wildman–Crippen LogP) is 6.58. The minimum absolute atomic E-state index is 0.137. The van der Waals surface area contributed by atoms with Crippen LogP contribution in [0.1, 0.15) is 32.6 Å². The van der Waals surface area contributed by atoms with Crippen LogP contribution in [0.5, 0.6) is 0 Å². The van der Waals surface area contributed by atoms with Crippen LogP contribution in [-0.2, 0) is 23.1 Å². The van der Waals surface area contributed by atoms with E-state index in [1.807, 2.05) is 80.6 Å². The van der Waals surface area contributed by atoms with E-state index in [2.05, 4.69) is 6.07 Å². The zero-order valence-corrected chi connectivity index (χ0v) is 23.7. The van der Waals surface area contributed by atoms with E-state index in [0.717, 1.165) is 32.5 Å². The van der Waals surface area contributed by atoms with Crippen LogP contribution in [0.4, 0.5) is 5.13 Å². The predicted molar refractivity (Wildman–Crippen MR) is 158 cm³/mol. The molecule has 5 rings (SSSR count). The fraction of sp³-hybridized carbons (Fsp3) is 0.161. The smallest absolute Gasteiger partial charge is 0.260 e. The van der Waals surface area contributed by atoms with Gasteiger partial charge >= 0.3 is 0 Å². The van der Waals surface area contributed by atoms with Crippen LogP contribution in [-0.4, -0.2) is 30.7 Å². The van der Waals surface area contributed by atoms with Gasteiger partial charge in [0.05, 0.1) is 21.7 Å². The lowest BCUT2D eigenvalue weighted by molar-refractivity contribution is 0.0985. The third-order valence-electron chi connectivity index (χ3n) is 6.65. The van der Waals surface area contributed by atoms with E-state index in [1.165, 1.54) is 27.8 Å². The first-order chi connectivity index (χ1) is 18.7. The number of fused-ring (bicyclic) bond motifs is 1. The van der Waals surface area contributed by atoms with Crippen LogP contribution in [0, 0.1) is 13.8 Å². The van der Waals surface area contributed by atoms with Crippen molar-refractivity contribution in [1.29, 1.82) is 0 Å². The number of aryl methyl sites for hydroxylation is 2. The molecule has 39 heavy (non-hydrogen) atoms. The van der Waals surface area contributed by atoms with Gasteiger partial charge in [-0.05, 0) is 60.4 Å². The number of aromatic nitrogens is 1. The van der Waals surface area contributed by atoms with Crippen molar-refractivity contribution in [2.24, 2.45) is 0 Å². The lowest BCUT2D eigenvalue weighted by Crippen LogP contribution is -2.30. The molecule has 4 aromatic carbocycles. The van der Waals surface area contributed by atoms with Gasteiger partial charge in [-0.1, -0.05) is 84.1 Å². The first kappa shape index (κ1) is 26.7. The molecule has 6 nitrogen and oxygen atoms in total. The van der Waals surface area contributed by atoms with Crippen LogP contribution in [0.25, 0.3) is 10.2 Å². The van der Waals surface area contributed by atoms with Gasteiger partial charge in [-0.15, -0.1) is 0 Å². The van der Waals surface area contributed by atoms with Gasteiger partial charge in [0.1, 0.15) is 0 Å². The summed E-state index contributed by atoms with van der Waals surface area (Å²) in [6.45, 7) is 4.66. The molecule has 5 aromatic rings. The molecule has 0 atom stereocenters. The first-order valence-corrected chi connectivity index (χ1v) is 14.8. The van der Waals surface area contributed by atoms with Crippen molar-refractivity contribution in [3.63, 3.8) is 0 Å². The molecule has 0 radical (unpaired) electrons. The van der Waals surface area contributed by atoms with Crippen molar-refractivity contribution in [1.82, 2.24) is 9.29 Å². The maximum atomic E-state index is 13.9. The Kier molecular flexibility index (Phi) is 7.61. The van der Waals surface area contributed by atoms with Gasteiger partial charge in [0.25, 0.3) is 5.91 Å². The lowest BCUT2D eigenvalue weighted by atomic mass is 10.1. The molecule has 1 aromatic heterocycles. The molecule has 1 heterocycles. The van der Waals surface area contributed by atoms with Gasteiger partial charge in [0, 0.05) is 19.2 Å². The zero-order valence-electron chi connectivity index (χ0n) is 22.0. The van der Waals surface area contributed by atoms with E-state index >= 15 is 0 Å². The SMILES string of the molecule is Cc1ccc(C)c2sc(N(Cc3ccccc3)C(=O)c3ccc(S(=O)(=O)N(C)Cc4ccccc4)cc3)nc12. The highest BCUT2D eigenvalue weighted by atomic mass is 32.2. The van der Waals surface area contributed by atoms with E-state index in [9.17, 15) is 13.2 Å². The van der Waals surface area contributed by atoms with E-state index in [0.29, 0.717) is 17.2 Å². The number of hydrogen-bond donors (Lipinski definition) is 0. The van der Waals surface area contributed by atoms with Gasteiger partial charge < -0.3 is 0 Å². The number of thiazole rings is 1. The van der Waals surface area contributed by atoms with E-state index in [1.54, 1.807) is 24.1 Å². The molecule has 0 aliphatic heterocycles. The molecule has 0 bridgehead atoms. The third kappa shape index (κ3) is 5.63. The van der Waals surface area contributed by atoms with E-state index in [-0.39, 0.29) is 17.3 Å². The molecule has 0 aliphatic rings. The second-order valence-electron chi connectivity index (χ2n) is 9.52. The molecule has 0 saturated carbocycles. The Bertz CT molecular complexity index is 1680. The summed E-state index contributed by atoms with van der Waals surface area (Å²) < 4.78 is 28.8. The monoisotopic (exact) mass is 555 g/mol. The van der Waals surface area contributed by atoms with Crippen molar-refractivity contribution < 1.29 is 13.2 Å². The maximum absolute atomic E-state index is 13.9. The summed E-state index contributed by atoms with van der Waals surface area (Å²) in [6, 6.07) is 29.5. The summed E-state index contributed by atoms with van der Waals surface area (Å²) in [6.07, 6.45) is 0. The van der Waals surface area contributed by atoms with Crippen LogP contribution in [0.3, 0.4) is 0 Å². The Morgan fingerprint density at radius 3 is 1.92 bits per heavy atom. The summed E-state index contributed by atoms with van der Waals surface area (Å²) in [4.78, 5) is 20.5. The van der Waals surface area contributed by atoms with Crippen molar-refractivity contribution in [3.05, 3.63) is 125 Å². The Morgan fingerprint density at radius 1 is 0.769 bits per heavy atom. The first-order valence-electron chi connectivity index (χ1n) is 12.6. The average Bonchev–Trinajstić information content (AvgIpc) is 3.41. The van der Waals surface area contributed by atoms with E-state index < -0.39 is 10.0 Å². The third-order valence-corrected chi connectivity index (χ3v) is 9.68. The molecule has 0 spiro atoms. The molecule has 0 fully saturated rings. The quantitative estimate of drug-likeness (QED) is 0.217. The molecule has 0 saturated heterocycles. The standard InChI is InChI=1S/C31H29N3O3S2/c1-22-14-15-23(2)29-28(22)32-31(38-29)34(21-25-12-8-5-9-13-25)30(35)26-16-18-27(19-17-26)39(36,37)33(3)20-24-10-6-4-7-11-24/h4-19H,20-21H2,1-3H3. The maximum Gasteiger partial charge on any atom is 0.260 e. The van der Waals surface area contributed by atoms with Crippen molar-refractivity contribution in [3.8, 4) is 0 Å². The van der Waals surface area contributed by atoms with Gasteiger partial charge in [-0.2, -0.15) is 4.31 Å². The highest BCUT2D eigenvalue weighted by Crippen LogP contribution is 2.34. The van der Waals surface area contributed by atoms with Crippen molar-refractivity contribution >= 4 is 42.6 Å². The fourth-order valence-corrected chi connectivity index (χ4v) is 6.65. The highest BCUT2D eigenvalue weighted by Gasteiger charge is 2.25. The van der Waals surface area contributed by atoms with E-state index in [4.69, 9.17) is 4.98 Å². The Labute approximate surface area is 233 Å². The fourth-order valence-electron chi connectivity index (χ4n) is 4.39. The number of sulfonamides is 1.